The van der Waals surface area contributed by atoms with Crippen molar-refractivity contribution in [3.63, 3.8) is 0 Å². The monoisotopic (exact) mass is 485 g/mol. The van der Waals surface area contributed by atoms with E-state index in [0.29, 0.717) is 41.8 Å². The van der Waals surface area contributed by atoms with Crippen LogP contribution in [0.1, 0.15) is 31.0 Å². The molecule has 3 rings (SSSR count). The number of methoxy groups -OCH3 is 3. The maximum Gasteiger partial charge on any atom is 0.295 e. The van der Waals surface area contributed by atoms with Gasteiger partial charge in [0, 0.05) is 25.3 Å². The fourth-order valence-corrected chi connectivity index (χ4v) is 4.13. The van der Waals surface area contributed by atoms with Gasteiger partial charge in [-0.25, -0.2) is 0 Å². The Morgan fingerprint density at radius 1 is 0.971 bits per heavy atom. The lowest BCUT2D eigenvalue weighted by Crippen LogP contribution is -2.32. The lowest BCUT2D eigenvalue weighted by atomic mass is 9.94. The van der Waals surface area contributed by atoms with E-state index in [2.05, 4.69) is 0 Å². The van der Waals surface area contributed by atoms with Crippen molar-refractivity contribution in [1.82, 2.24) is 4.90 Å². The number of aliphatic hydroxyl groups excluding tert-OH is 1. The van der Waals surface area contributed by atoms with Gasteiger partial charge in [-0.05, 0) is 32.0 Å². The number of nitrogens with zero attached hydrogens (tertiary/aromatic N) is 1. The number of ketones is 1. The van der Waals surface area contributed by atoms with E-state index < -0.39 is 17.7 Å². The summed E-state index contributed by atoms with van der Waals surface area (Å²) in [6, 6.07) is 9.16. The molecule has 1 aliphatic heterocycles. The summed E-state index contributed by atoms with van der Waals surface area (Å²) in [6.45, 7) is 4.77. The molecule has 1 N–H and O–H groups in total. The SMILES string of the molecule is CCOc1ccc(/C(O)=C2\C(=O)C(=O)N(CCOC)C2c2cccc(OC)c2OC)c(OCC)c1. The van der Waals surface area contributed by atoms with Gasteiger partial charge in [0.25, 0.3) is 11.7 Å². The van der Waals surface area contributed by atoms with E-state index in [0.717, 1.165) is 0 Å². The minimum atomic E-state index is -0.934. The fraction of sp³-hybridized carbons (Fsp3) is 0.385. The van der Waals surface area contributed by atoms with Crippen LogP contribution in [0, 0.1) is 0 Å². The first-order valence-electron chi connectivity index (χ1n) is 11.3. The number of hydrogen-bond acceptors (Lipinski definition) is 8. The Bertz CT molecular complexity index is 1110. The molecule has 35 heavy (non-hydrogen) atoms. The molecule has 1 aliphatic rings. The highest BCUT2D eigenvalue weighted by Crippen LogP contribution is 2.46. The number of carbonyl (C=O) groups is 2. The van der Waals surface area contributed by atoms with Gasteiger partial charge in [-0.3, -0.25) is 9.59 Å². The van der Waals surface area contributed by atoms with E-state index in [-0.39, 0.29) is 30.0 Å². The van der Waals surface area contributed by atoms with Gasteiger partial charge in [-0.1, -0.05) is 12.1 Å². The van der Waals surface area contributed by atoms with Crippen molar-refractivity contribution in [2.75, 3.05) is 47.7 Å². The van der Waals surface area contributed by atoms with E-state index >= 15 is 0 Å². The van der Waals surface area contributed by atoms with Crippen LogP contribution in [-0.2, 0) is 14.3 Å². The van der Waals surface area contributed by atoms with Crippen molar-refractivity contribution < 1.29 is 38.4 Å². The number of rotatable bonds is 11. The third-order valence-electron chi connectivity index (χ3n) is 5.62. The molecule has 2 aromatic rings. The molecule has 0 aliphatic carbocycles. The Morgan fingerprint density at radius 2 is 1.71 bits per heavy atom. The minimum Gasteiger partial charge on any atom is -0.507 e. The molecule has 0 saturated carbocycles. The van der Waals surface area contributed by atoms with E-state index in [1.165, 1.54) is 26.2 Å². The highest BCUT2D eigenvalue weighted by Gasteiger charge is 2.47. The van der Waals surface area contributed by atoms with Crippen molar-refractivity contribution >= 4 is 17.4 Å². The summed E-state index contributed by atoms with van der Waals surface area (Å²) in [5.41, 5.74) is 0.683. The van der Waals surface area contributed by atoms with E-state index in [4.69, 9.17) is 23.7 Å². The first-order valence-corrected chi connectivity index (χ1v) is 11.3. The molecule has 0 radical (unpaired) electrons. The van der Waals surface area contributed by atoms with Crippen LogP contribution >= 0.6 is 0 Å². The lowest BCUT2D eigenvalue weighted by Gasteiger charge is -2.27. The zero-order chi connectivity index (χ0) is 25.5. The van der Waals surface area contributed by atoms with Gasteiger partial charge in [-0.2, -0.15) is 0 Å². The number of carbonyl (C=O) groups excluding carboxylic acids is 2. The summed E-state index contributed by atoms with van der Waals surface area (Å²) < 4.78 is 27.5. The number of para-hydroxylation sites is 1. The molecule has 1 atom stereocenters. The Hall–Kier alpha value is -3.72. The number of Topliss-reactive ketones (excluding diaryl/α,β-unsaturated/α-hetero) is 1. The maximum atomic E-state index is 13.3. The van der Waals surface area contributed by atoms with Gasteiger partial charge in [-0.15, -0.1) is 0 Å². The smallest absolute Gasteiger partial charge is 0.295 e. The van der Waals surface area contributed by atoms with Gasteiger partial charge in [0.05, 0.1) is 51.2 Å². The number of aliphatic hydroxyl groups is 1. The van der Waals surface area contributed by atoms with Crippen molar-refractivity contribution in [2.45, 2.75) is 19.9 Å². The predicted octanol–water partition coefficient (Wildman–Crippen LogP) is 3.57. The van der Waals surface area contributed by atoms with Crippen LogP contribution < -0.4 is 18.9 Å². The van der Waals surface area contributed by atoms with Crippen LogP contribution in [0.2, 0.25) is 0 Å². The number of amides is 1. The van der Waals surface area contributed by atoms with E-state index in [1.807, 2.05) is 13.8 Å². The van der Waals surface area contributed by atoms with E-state index in [1.54, 1.807) is 36.4 Å². The average Bonchev–Trinajstić information content (AvgIpc) is 3.11. The standard InChI is InChI=1S/C26H31NO8/c1-6-34-16-11-12-17(20(15-16)35-7-2)23(28)21-22(27(13-14-31-3)26(30)24(21)29)18-9-8-10-19(32-4)25(18)33-5/h8-12,15,22,28H,6-7,13-14H2,1-5H3/b23-21+. The normalized spacial score (nSPS) is 16.9. The predicted molar refractivity (Wildman–Crippen MR) is 129 cm³/mol. The number of ether oxygens (including phenoxy) is 5. The molecule has 0 aromatic heterocycles. The summed E-state index contributed by atoms with van der Waals surface area (Å²) in [6.07, 6.45) is 0. The highest BCUT2D eigenvalue weighted by atomic mass is 16.5. The van der Waals surface area contributed by atoms with Crippen molar-refractivity contribution in [2.24, 2.45) is 0 Å². The van der Waals surface area contributed by atoms with Crippen LogP contribution in [0.4, 0.5) is 0 Å². The highest BCUT2D eigenvalue weighted by molar-refractivity contribution is 6.46. The largest absolute Gasteiger partial charge is 0.507 e. The van der Waals surface area contributed by atoms with E-state index in [9.17, 15) is 14.7 Å². The molecular formula is C26H31NO8. The topological polar surface area (TPSA) is 104 Å². The molecule has 1 unspecified atom stereocenters. The molecule has 9 nitrogen and oxygen atoms in total. The number of benzene rings is 2. The second-order valence-corrected chi connectivity index (χ2v) is 7.59. The quantitative estimate of drug-likeness (QED) is 0.293. The minimum absolute atomic E-state index is 0.0808. The third-order valence-corrected chi connectivity index (χ3v) is 5.62. The second-order valence-electron chi connectivity index (χ2n) is 7.59. The Balaban J connectivity index is 2.27. The van der Waals surface area contributed by atoms with Crippen molar-refractivity contribution in [1.29, 1.82) is 0 Å². The van der Waals surface area contributed by atoms with Crippen LogP contribution in [0.5, 0.6) is 23.0 Å². The van der Waals surface area contributed by atoms with Gasteiger partial charge in [0.15, 0.2) is 11.5 Å². The second kappa shape index (κ2) is 11.6. The number of hydrogen-bond donors (Lipinski definition) is 1. The lowest BCUT2D eigenvalue weighted by molar-refractivity contribution is -0.140. The van der Waals surface area contributed by atoms with Crippen LogP contribution in [0.15, 0.2) is 42.0 Å². The molecule has 188 valence electrons. The molecule has 1 fully saturated rings. The zero-order valence-corrected chi connectivity index (χ0v) is 20.6. The molecule has 1 saturated heterocycles. The summed E-state index contributed by atoms with van der Waals surface area (Å²) in [4.78, 5) is 27.7. The molecule has 9 heteroatoms. The van der Waals surface area contributed by atoms with Gasteiger partial charge >= 0.3 is 0 Å². The molecule has 0 bridgehead atoms. The van der Waals surface area contributed by atoms with Crippen LogP contribution in [-0.4, -0.2) is 69.4 Å². The zero-order valence-electron chi connectivity index (χ0n) is 20.6. The molecule has 1 heterocycles. The molecule has 0 spiro atoms. The first kappa shape index (κ1) is 25.9. The molecular weight excluding hydrogens is 454 g/mol. The Labute approximate surface area is 204 Å². The third kappa shape index (κ3) is 5.05. The van der Waals surface area contributed by atoms with Gasteiger partial charge < -0.3 is 33.7 Å². The molecule has 1 amide bonds. The number of likely N-dealkylation sites (tertiary alicyclic amines) is 1. The summed E-state index contributed by atoms with van der Waals surface area (Å²) in [7, 11) is 4.48. The van der Waals surface area contributed by atoms with Gasteiger partial charge in [0.1, 0.15) is 17.3 Å². The Kier molecular flexibility index (Phi) is 8.59. The Morgan fingerprint density at radius 3 is 2.34 bits per heavy atom. The van der Waals surface area contributed by atoms with Gasteiger partial charge in [0.2, 0.25) is 0 Å². The summed E-state index contributed by atoms with van der Waals surface area (Å²) in [5.74, 6) is -0.253. The van der Waals surface area contributed by atoms with Crippen molar-refractivity contribution in [3.05, 3.63) is 53.1 Å². The molecule has 2 aromatic carbocycles. The summed E-state index contributed by atoms with van der Waals surface area (Å²) >= 11 is 0. The maximum absolute atomic E-state index is 13.3. The fourth-order valence-electron chi connectivity index (χ4n) is 4.13. The van der Waals surface area contributed by atoms with Crippen LogP contribution in [0.25, 0.3) is 5.76 Å². The summed E-state index contributed by atoms with van der Waals surface area (Å²) in [5, 5.41) is 11.5. The first-order chi connectivity index (χ1) is 16.9. The van der Waals surface area contributed by atoms with Crippen LogP contribution in [0.3, 0.4) is 0 Å². The average molecular weight is 486 g/mol. The van der Waals surface area contributed by atoms with Crippen molar-refractivity contribution in [3.8, 4) is 23.0 Å².